The van der Waals surface area contributed by atoms with Gasteiger partial charge in [-0.1, -0.05) is 67.8 Å². The van der Waals surface area contributed by atoms with Gasteiger partial charge in [0.05, 0.1) is 12.8 Å². The van der Waals surface area contributed by atoms with Crippen LogP contribution in [0.3, 0.4) is 0 Å². The number of piperidine rings is 1. The lowest BCUT2D eigenvalue weighted by Crippen LogP contribution is -2.36. The second kappa shape index (κ2) is 14.5. The van der Waals surface area contributed by atoms with E-state index in [1.54, 1.807) is 0 Å². The summed E-state index contributed by atoms with van der Waals surface area (Å²) >= 11 is 6.35. The van der Waals surface area contributed by atoms with Gasteiger partial charge in [-0.3, -0.25) is 14.6 Å². The number of likely N-dealkylation sites (tertiary alicyclic amines) is 1. The first kappa shape index (κ1) is 28.4. The van der Waals surface area contributed by atoms with Gasteiger partial charge in [-0.2, -0.15) is 0 Å². The van der Waals surface area contributed by atoms with E-state index in [0.717, 1.165) is 75.2 Å². The minimum absolute atomic E-state index is 0.112. The Hall–Kier alpha value is -2.66. The molecule has 0 radical (unpaired) electrons. The first-order valence-corrected chi connectivity index (χ1v) is 14.7. The number of rotatable bonds is 11. The summed E-state index contributed by atoms with van der Waals surface area (Å²) in [6, 6.07) is 10.5. The van der Waals surface area contributed by atoms with Crippen molar-refractivity contribution in [3.8, 4) is 0 Å². The zero-order chi connectivity index (χ0) is 26.7. The van der Waals surface area contributed by atoms with E-state index >= 15 is 0 Å². The maximum Gasteiger partial charge on any atom is 0.305 e. The maximum absolute atomic E-state index is 12.9. The van der Waals surface area contributed by atoms with Gasteiger partial charge in [0.25, 0.3) is 0 Å². The summed E-state index contributed by atoms with van der Waals surface area (Å²) in [6.45, 7) is 1.57. The molecule has 38 heavy (non-hydrogen) atoms. The number of esters is 1. The van der Waals surface area contributed by atoms with Crippen molar-refractivity contribution in [1.29, 1.82) is 0 Å². The van der Waals surface area contributed by atoms with Gasteiger partial charge < -0.3 is 9.64 Å². The van der Waals surface area contributed by atoms with E-state index in [0.29, 0.717) is 18.7 Å². The lowest BCUT2D eigenvalue weighted by molar-refractivity contribution is -0.140. The number of ether oxygens (including phenoxy) is 1. The summed E-state index contributed by atoms with van der Waals surface area (Å²) in [7, 11) is 1.44. The topological polar surface area (TPSA) is 59.5 Å². The number of aryl methyl sites for hydroxylation is 2. The lowest BCUT2D eigenvalue weighted by atomic mass is 9.88. The van der Waals surface area contributed by atoms with Crippen molar-refractivity contribution in [2.45, 2.75) is 89.9 Å². The molecule has 0 atom stereocenters. The second-order valence-electron chi connectivity index (χ2n) is 10.6. The molecule has 0 spiro atoms. The predicted molar refractivity (Wildman–Crippen MR) is 153 cm³/mol. The highest BCUT2D eigenvalue weighted by molar-refractivity contribution is 6.30. The molecule has 1 aromatic carbocycles. The molecule has 1 fully saturated rings. The van der Waals surface area contributed by atoms with Crippen LogP contribution in [-0.2, 0) is 27.2 Å². The number of aromatic nitrogens is 1. The summed E-state index contributed by atoms with van der Waals surface area (Å²) in [4.78, 5) is 30.9. The first-order chi connectivity index (χ1) is 18.6. The highest BCUT2D eigenvalue weighted by atomic mass is 35.5. The number of hydrogen-bond acceptors (Lipinski definition) is 4. The molecule has 1 amide bonds. The molecule has 5 nitrogen and oxygen atoms in total. The Balaban J connectivity index is 1.24. The molecule has 2 aliphatic rings. The number of methoxy groups -OCH3 is 1. The Morgan fingerprint density at radius 1 is 0.868 bits per heavy atom. The molecule has 2 aromatic rings. The molecule has 204 valence electrons. The average Bonchev–Trinajstić information content (AvgIpc) is 3.10. The molecule has 1 aromatic heterocycles. The molecule has 1 aliphatic heterocycles. The second-order valence-corrected chi connectivity index (χ2v) is 11.0. The van der Waals surface area contributed by atoms with Gasteiger partial charge in [0.2, 0.25) is 5.91 Å². The highest BCUT2D eigenvalue weighted by Gasteiger charge is 2.26. The van der Waals surface area contributed by atoms with Crippen LogP contribution >= 0.6 is 11.6 Å². The molecule has 1 aliphatic carbocycles. The molecular weight excluding hydrogens is 496 g/mol. The fourth-order valence-electron chi connectivity index (χ4n) is 5.78. The number of fused-ring (bicyclic) bond motifs is 2. The Morgan fingerprint density at radius 2 is 1.53 bits per heavy atom. The summed E-state index contributed by atoms with van der Waals surface area (Å²) in [5.74, 6) is 0.183. The lowest BCUT2D eigenvalue weighted by Gasteiger charge is -2.30. The largest absolute Gasteiger partial charge is 0.469 e. The zero-order valence-corrected chi connectivity index (χ0v) is 23.5. The highest BCUT2D eigenvalue weighted by Crippen LogP contribution is 2.38. The van der Waals surface area contributed by atoms with E-state index in [2.05, 4.69) is 27.8 Å². The van der Waals surface area contributed by atoms with Gasteiger partial charge in [0, 0.05) is 42.7 Å². The predicted octanol–water partition coefficient (Wildman–Crippen LogP) is 7.33. The van der Waals surface area contributed by atoms with E-state index < -0.39 is 0 Å². The van der Waals surface area contributed by atoms with Crippen LogP contribution in [0.15, 0.2) is 42.1 Å². The van der Waals surface area contributed by atoms with Crippen LogP contribution in [0.25, 0.3) is 5.57 Å². The smallest absolute Gasteiger partial charge is 0.305 e. The average molecular weight is 537 g/mol. The maximum atomic E-state index is 12.9. The first-order valence-electron chi connectivity index (χ1n) is 14.4. The van der Waals surface area contributed by atoms with Crippen molar-refractivity contribution >= 4 is 29.1 Å². The molecule has 0 bridgehead atoms. The van der Waals surface area contributed by atoms with E-state index in [1.807, 2.05) is 18.3 Å². The van der Waals surface area contributed by atoms with Crippen LogP contribution < -0.4 is 0 Å². The van der Waals surface area contributed by atoms with E-state index in [1.165, 1.54) is 60.6 Å². The van der Waals surface area contributed by atoms with Gasteiger partial charge in [0.1, 0.15) is 0 Å². The Labute approximate surface area is 232 Å². The monoisotopic (exact) mass is 536 g/mol. The van der Waals surface area contributed by atoms with Crippen molar-refractivity contribution < 1.29 is 14.3 Å². The SMILES string of the molecule is COC(=O)CCCCCCCCCCC(=O)N1CCC(=C2c3ccc(Cl)cc3CCc3cccnc32)CC1. The summed E-state index contributed by atoms with van der Waals surface area (Å²) in [5, 5.41) is 0.781. The van der Waals surface area contributed by atoms with Crippen LogP contribution in [0, 0.1) is 0 Å². The molecule has 2 heterocycles. The summed E-state index contributed by atoms with van der Waals surface area (Å²) in [6.07, 6.45) is 15.6. The van der Waals surface area contributed by atoms with Gasteiger partial charge in [-0.15, -0.1) is 0 Å². The standard InChI is InChI=1S/C32H41ClN2O3/c1-38-30(37)13-9-7-5-3-2-4-6-8-12-29(36)35-21-18-24(19-22-35)31-28-17-16-27(33)23-26(28)15-14-25-11-10-20-34-32(25)31/h10-11,16-17,20,23H,2-9,12-15,18-19,21-22H2,1H3. The molecule has 0 N–H and O–H groups in total. The van der Waals surface area contributed by atoms with Gasteiger partial charge in [-0.05, 0) is 73.4 Å². The molecule has 4 rings (SSSR count). The quantitative estimate of drug-likeness (QED) is 0.223. The number of pyridine rings is 1. The van der Waals surface area contributed by atoms with Crippen molar-refractivity contribution in [3.63, 3.8) is 0 Å². The molecule has 0 unspecified atom stereocenters. The number of hydrogen-bond donors (Lipinski definition) is 0. The van der Waals surface area contributed by atoms with Crippen LogP contribution in [0.2, 0.25) is 5.02 Å². The van der Waals surface area contributed by atoms with Crippen molar-refractivity contribution in [1.82, 2.24) is 9.88 Å². The van der Waals surface area contributed by atoms with Crippen LogP contribution in [0.5, 0.6) is 0 Å². The number of halogens is 1. The summed E-state index contributed by atoms with van der Waals surface area (Å²) < 4.78 is 4.67. The number of carbonyl (C=O) groups excluding carboxylic acids is 2. The van der Waals surface area contributed by atoms with Crippen LogP contribution in [0.4, 0.5) is 0 Å². The number of benzene rings is 1. The van der Waals surface area contributed by atoms with E-state index in [4.69, 9.17) is 16.6 Å². The van der Waals surface area contributed by atoms with E-state index in [9.17, 15) is 9.59 Å². The number of carbonyl (C=O) groups is 2. The Kier molecular flexibility index (Phi) is 10.8. The fourth-order valence-corrected chi connectivity index (χ4v) is 5.97. The summed E-state index contributed by atoms with van der Waals surface area (Å²) in [5.41, 5.74) is 7.62. The third-order valence-electron chi connectivity index (χ3n) is 7.95. The molecule has 0 saturated carbocycles. The van der Waals surface area contributed by atoms with Gasteiger partial charge >= 0.3 is 5.97 Å². The Bertz CT molecular complexity index is 1130. The third-order valence-corrected chi connectivity index (χ3v) is 8.19. The van der Waals surface area contributed by atoms with Gasteiger partial charge in [0.15, 0.2) is 0 Å². The minimum Gasteiger partial charge on any atom is -0.469 e. The molecule has 6 heteroatoms. The van der Waals surface area contributed by atoms with Crippen molar-refractivity contribution in [2.75, 3.05) is 20.2 Å². The molecule has 1 saturated heterocycles. The Morgan fingerprint density at radius 3 is 2.24 bits per heavy atom. The van der Waals surface area contributed by atoms with E-state index in [-0.39, 0.29) is 5.97 Å². The van der Waals surface area contributed by atoms with Crippen molar-refractivity contribution in [2.24, 2.45) is 0 Å². The number of amides is 1. The normalized spacial score (nSPS) is 15.1. The minimum atomic E-state index is -0.112. The van der Waals surface area contributed by atoms with Crippen molar-refractivity contribution in [3.05, 3.63) is 69.5 Å². The van der Waals surface area contributed by atoms with Gasteiger partial charge in [-0.25, -0.2) is 0 Å². The molecular formula is C32H41ClN2O3. The van der Waals surface area contributed by atoms with Crippen LogP contribution in [0.1, 0.15) is 99.4 Å². The fraction of sp³-hybridized carbons (Fsp3) is 0.531. The number of unbranched alkanes of at least 4 members (excludes halogenated alkanes) is 7. The zero-order valence-electron chi connectivity index (χ0n) is 22.8. The third kappa shape index (κ3) is 7.69. The van der Waals surface area contributed by atoms with Crippen LogP contribution in [-0.4, -0.2) is 42.0 Å². The number of nitrogens with zero attached hydrogens (tertiary/aromatic N) is 2.